The molecular formula is C23H25N3O3. The minimum atomic E-state index is -0.0336. The summed E-state index contributed by atoms with van der Waals surface area (Å²) >= 11 is 0. The second-order valence-electron chi connectivity index (χ2n) is 7.15. The number of para-hydroxylation sites is 1. The highest BCUT2D eigenvalue weighted by Crippen LogP contribution is 2.20. The molecular weight excluding hydrogens is 366 g/mol. The molecule has 1 atom stereocenters. The molecule has 0 saturated carbocycles. The van der Waals surface area contributed by atoms with Crippen LogP contribution < -0.4 is 10.1 Å². The Hall–Kier alpha value is -3.12. The number of carbonyl (C=O) groups is 1. The summed E-state index contributed by atoms with van der Waals surface area (Å²) in [6, 6.07) is 17.4. The molecule has 1 aliphatic rings. The summed E-state index contributed by atoms with van der Waals surface area (Å²) in [7, 11) is 0. The fourth-order valence-corrected chi connectivity index (χ4v) is 3.32. The van der Waals surface area contributed by atoms with Gasteiger partial charge in [-0.25, -0.2) is 4.68 Å². The lowest BCUT2D eigenvalue weighted by Crippen LogP contribution is -2.16. The first-order valence-corrected chi connectivity index (χ1v) is 9.99. The summed E-state index contributed by atoms with van der Waals surface area (Å²) < 4.78 is 13.2. The quantitative estimate of drug-likeness (QED) is 0.630. The number of hydrogen-bond acceptors (Lipinski definition) is 4. The molecule has 0 spiro atoms. The second-order valence-corrected chi connectivity index (χ2v) is 7.15. The van der Waals surface area contributed by atoms with Gasteiger partial charge in [0.25, 0.3) is 0 Å². The minimum absolute atomic E-state index is 0.0336. The molecule has 3 aromatic rings. The van der Waals surface area contributed by atoms with E-state index >= 15 is 0 Å². The maximum atomic E-state index is 12.3. The van der Waals surface area contributed by atoms with Crippen molar-refractivity contribution in [3.8, 4) is 11.4 Å². The van der Waals surface area contributed by atoms with Crippen molar-refractivity contribution in [2.45, 2.75) is 31.8 Å². The van der Waals surface area contributed by atoms with Gasteiger partial charge < -0.3 is 14.8 Å². The third-order valence-corrected chi connectivity index (χ3v) is 4.88. The van der Waals surface area contributed by atoms with Crippen LogP contribution >= 0.6 is 0 Å². The van der Waals surface area contributed by atoms with Crippen LogP contribution in [-0.4, -0.2) is 35.0 Å². The smallest absolute Gasteiger partial charge is 0.224 e. The van der Waals surface area contributed by atoms with Crippen LogP contribution in [-0.2, 0) is 16.0 Å². The maximum absolute atomic E-state index is 12.3. The van der Waals surface area contributed by atoms with E-state index in [1.807, 2.05) is 65.5 Å². The van der Waals surface area contributed by atoms with Crippen LogP contribution in [0.5, 0.6) is 5.75 Å². The summed E-state index contributed by atoms with van der Waals surface area (Å²) in [5.41, 5.74) is 2.76. The van der Waals surface area contributed by atoms with Crippen molar-refractivity contribution in [1.29, 1.82) is 0 Å². The highest BCUT2D eigenvalue weighted by atomic mass is 16.5. The number of anilines is 1. The number of rotatable bonds is 8. The Kier molecular flexibility index (Phi) is 6.22. The van der Waals surface area contributed by atoms with Crippen LogP contribution in [0, 0.1) is 0 Å². The zero-order valence-electron chi connectivity index (χ0n) is 16.3. The number of amides is 1. The van der Waals surface area contributed by atoms with Crippen molar-refractivity contribution in [2.75, 3.05) is 18.5 Å². The van der Waals surface area contributed by atoms with Crippen molar-refractivity contribution >= 4 is 11.6 Å². The molecule has 1 N–H and O–H groups in total. The number of carbonyl (C=O) groups excluding carboxylic acids is 1. The Morgan fingerprint density at radius 2 is 2.10 bits per heavy atom. The fraction of sp³-hybridized carbons (Fsp3) is 0.304. The van der Waals surface area contributed by atoms with Crippen LogP contribution in [0.1, 0.15) is 24.8 Å². The molecule has 1 unspecified atom stereocenters. The Balaban J connectivity index is 1.26. The average molecular weight is 391 g/mol. The lowest BCUT2D eigenvalue weighted by molar-refractivity contribution is -0.116. The van der Waals surface area contributed by atoms with E-state index in [-0.39, 0.29) is 12.0 Å². The number of nitrogens with zero attached hydrogens (tertiary/aromatic N) is 2. The molecule has 6 nitrogen and oxygen atoms in total. The Morgan fingerprint density at radius 3 is 2.93 bits per heavy atom. The van der Waals surface area contributed by atoms with Crippen LogP contribution in [0.15, 0.2) is 67.0 Å². The highest BCUT2D eigenvalue weighted by Gasteiger charge is 2.16. The van der Waals surface area contributed by atoms with E-state index in [4.69, 9.17) is 9.47 Å². The summed E-state index contributed by atoms with van der Waals surface area (Å²) in [5, 5.41) is 7.31. The molecule has 1 saturated heterocycles. The van der Waals surface area contributed by atoms with E-state index in [0.717, 1.165) is 42.1 Å². The van der Waals surface area contributed by atoms with E-state index in [0.29, 0.717) is 19.4 Å². The summed E-state index contributed by atoms with van der Waals surface area (Å²) in [6.07, 6.45) is 7.09. The molecule has 1 fully saturated rings. The fourth-order valence-electron chi connectivity index (χ4n) is 3.32. The topological polar surface area (TPSA) is 65.4 Å². The Bertz CT molecular complexity index is 933. The van der Waals surface area contributed by atoms with E-state index in [2.05, 4.69) is 10.4 Å². The predicted octanol–water partition coefficient (Wildman–Crippen LogP) is 4.00. The van der Waals surface area contributed by atoms with Gasteiger partial charge in [0.15, 0.2) is 0 Å². The summed E-state index contributed by atoms with van der Waals surface area (Å²) in [5.74, 6) is 0.705. The zero-order chi connectivity index (χ0) is 19.9. The molecule has 2 heterocycles. The third-order valence-electron chi connectivity index (χ3n) is 4.88. The Morgan fingerprint density at radius 1 is 1.21 bits per heavy atom. The van der Waals surface area contributed by atoms with E-state index in [1.54, 1.807) is 6.20 Å². The molecule has 4 rings (SSSR count). The highest BCUT2D eigenvalue weighted by molar-refractivity contribution is 5.91. The molecule has 1 aliphatic heterocycles. The lowest BCUT2D eigenvalue weighted by Gasteiger charge is -2.12. The largest absolute Gasteiger partial charge is 0.491 e. The molecule has 1 aromatic heterocycles. The zero-order valence-corrected chi connectivity index (χ0v) is 16.3. The van der Waals surface area contributed by atoms with E-state index in [9.17, 15) is 4.79 Å². The van der Waals surface area contributed by atoms with Gasteiger partial charge in [-0.1, -0.05) is 24.3 Å². The lowest BCUT2D eigenvalue weighted by atomic mass is 10.2. The number of aryl methyl sites for hydroxylation is 1. The van der Waals surface area contributed by atoms with Gasteiger partial charge in [0, 0.05) is 31.0 Å². The van der Waals surface area contributed by atoms with Crippen LogP contribution in [0.2, 0.25) is 0 Å². The molecule has 29 heavy (non-hydrogen) atoms. The van der Waals surface area contributed by atoms with Crippen molar-refractivity contribution in [3.63, 3.8) is 0 Å². The first kappa shape index (κ1) is 19.2. The third kappa shape index (κ3) is 5.45. The number of benzene rings is 2. The normalized spacial score (nSPS) is 15.9. The van der Waals surface area contributed by atoms with Gasteiger partial charge in [0.1, 0.15) is 12.4 Å². The van der Waals surface area contributed by atoms with Crippen LogP contribution in [0.3, 0.4) is 0 Å². The summed E-state index contributed by atoms with van der Waals surface area (Å²) in [4.78, 5) is 12.3. The van der Waals surface area contributed by atoms with Gasteiger partial charge in [-0.05, 0) is 49.1 Å². The standard InChI is InChI=1S/C23H25N3O3/c27-23(12-11-18-15-24-26(16-18)20-7-2-1-3-8-20)25-19-6-4-9-21(14-19)29-17-22-10-5-13-28-22/h1-4,6-9,14-16,22H,5,10-13,17H2,(H,25,27). The number of aromatic nitrogens is 2. The molecule has 150 valence electrons. The number of hydrogen-bond donors (Lipinski definition) is 1. The van der Waals surface area contributed by atoms with Gasteiger partial charge >= 0.3 is 0 Å². The minimum Gasteiger partial charge on any atom is -0.491 e. The van der Waals surface area contributed by atoms with Gasteiger partial charge in [0.2, 0.25) is 5.91 Å². The van der Waals surface area contributed by atoms with Crippen LogP contribution in [0.4, 0.5) is 5.69 Å². The Labute approximate surface area is 170 Å². The van der Waals surface area contributed by atoms with Crippen molar-refractivity contribution < 1.29 is 14.3 Å². The first-order valence-electron chi connectivity index (χ1n) is 9.99. The monoisotopic (exact) mass is 391 g/mol. The van der Waals surface area contributed by atoms with E-state index in [1.165, 1.54) is 0 Å². The SMILES string of the molecule is O=C(CCc1cnn(-c2ccccc2)c1)Nc1cccc(OCC2CCCO2)c1. The molecule has 0 aliphatic carbocycles. The maximum Gasteiger partial charge on any atom is 0.224 e. The molecule has 0 bridgehead atoms. The summed E-state index contributed by atoms with van der Waals surface area (Å²) in [6.45, 7) is 1.36. The second kappa shape index (κ2) is 9.39. The van der Waals surface area contributed by atoms with Crippen molar-refractivity contribution in [3.05, 3.63) is 72.6 Å². The van der Waals surface area contributed by atoms with E-state index < -0.39 is 0 Å². The first-order chi connectivity index (χ1) is 14.3. The molecule has 0 radical (unpaired) electrons. The van der Waals surface area contributed by atoms with Gasteiger partial charge in [0.05, 0.1) is 18.0 Å². The number of nitrogens with one attached hydrogen (secondary N) is 1. The van der Waals surface area contributed by atoms with Crippen LogP contribution in [0.25, 0.3) is 5.69 Å². The average Bonchev–Trinajstić information content (AvgIpc) is 3.44. The van der Waals surface area contributed by atoms with Gasteiger partial charge in [-0.3, -0.25) is 4.79 Å². The number of ether oxygens (including phenoxy) is 2. The molecule has 6 heteroatoms. The van der Waals surface area contributed by atoms with Crippen molar-refractivity contribution in [1.82, 2.24) is 9.78 Å². The predicted molar refractivity (Wildman–Crippen MR) is 111 cm³/mol. The molecule has 2 aromatic carbocycles. The van der Waals surface area contributed by atoms with Gasteiger partial charge in [-0.2, -0.15) is 5.10 Å². The van der Waals surface area contributed by atoms with Crippen molar-refractivity contribution in [2.24, 2.45) is 0 Å². The van der Waals surface area contributed by atoms with Gasteiger partial charge in [-0.15, -0.1) is 0 Å². The molecule has 1 amide bonds.